The van der Waals surface area contributed by atoms with Crippen LogP contribution in [0.2, 0.25) is 0 Å². The minimum Gasteiger partial charge on any atom is -0.361 e. The van der Waals surface area contributed by atoms with Gasteiger partial charge in [0.25, 0.3) is 5.91 Å². The monoisotopic (exact) mass is 420 g/mol. The summed E-state index contributed by atoms with van der Waals surface area (Å²) in [5.74, 6) is -0.0546. The van der Waals surface area contributed by atoms with Gasteiger partial charge in [0.15, 0.2) is 0 Å². The third-order valence-electron chi connectivity index (χ3n) is 5.70. The molecule has 0 fully saturated rings. The number of para-hydroxylation sites is 1. The highest BCUT2D eigenvalue weighted by Crippen LogP contribution is 2.24. The van der Waals surface area contributed by atoms with Crippen LogP contribution in [0.1, 0.15) is 21.5 Å². The highest BCUT2D eigenvalue weighted by Gasteiger charge is 2.12. The molecule has 5 nitrogen and oxygen atoms in total. The van der Waals surface area contributed by atoms with Crippen molar-refractivity contribution >= 4 is 16.8 Å². The molecule has 2 heterocycles. The SMILES string of the molecule is O=C(NCCc1c[nH]c2ccccc12)c1ccccc1-c1ccc(Cn2cccn2)cc1. The minimum absolute atomic E-state index is 0.0546. The normalized spacial score (nSPS) is 11.0. The van der Waals surface area contributed by atoms with Gasteiger partial charge in [0.1, 0.15) is 0 Å². The van der Waals surface area contributed by atoms with E-state index in [2.05, 4.69) is 51.8 Å². The van der Waals surface area contributed by atoms with Gasteiger partial charge in [0.2, 0.25) is 0 Å². The van der Waals surface area contributed by atoms with E-state index in [1.165, 1.54) is 10.9 Å². The summed E-state index contributed by atoms with van der Waals surface area (Å²) in [7, 11) is 0. The lowest BCUT2D eigenvalue weighted by Gasteiger charge is -2.11. The van der Waals surface area contributed by atoms with Crippen molar-refractivity contribution in [2.45, 2.75) is 13.0 Å². The topological polar surface area (TPSA) is 62.7 Å². The van der Waals surface area contributed by atoms with Crippen molar-refractivity contribution in [2.75, 3.05) is 6.54 Å². The van der Waals surface area contributed by atoms with Gasteiger partial charge in [-0.25, -0.2) is 0 Å². The van der Waals surface area contributed by atoms with Crippen molar-refractivity contribution in [2.24, 2.45) is 0 Å². The highest BCUT2D eigenvalue weighted by molar-refractivity contribution is 6.00. The summed E-state index contributed by atoms with van der Waals surface area (Å²) < 4.78 is 1.89. The lowest BCUT2D eigenvalue weighted by molar-refractivity contribution is 0.0955. The van der Waals surface area contributed by atoms with E-state index >= 15 is 0 Å². The molecule has 0 radical (unpaired) electrons. The van der Waals surface area contributed by atoms with Crippen molar-refractivity contribution in [1.29, 1.82) is 0 Å². The third kappa shape index (κ3) is 4.18. The van der Waals surface area contributed by atoms with Crippen LogP contribution in [-0.2, 0) is 13.0 Å². The minimum atomic E-state index is -0.0546. The van der Waals surface area contributed by atoms with Crippen LogP contribution in [0.15, 0.2) is 97.5 Å². The number of carbonyl (C=O) groups excluding carboxylic acids is 1. The standard InChI is InChI=1S/C27H24N4O/c32-27(28-16-14-22-18-29-26-9-4-3-7-24(22)26)25-8-2-1-6-23(25)21-12-10-20(11-13-21)19-31-17-5-15-30-31/h1-13,15,17-18,29H,14,16,19H2,(H,28,32). The molecule has 0 atom stereocenters. The van der Waals surface area contributed by atoms with Gasteiger partial charge in [-0.2, -0.15) is 5.10 Å². The fourth-order valence-corrected chi connectivity index (χ4v) is 4.05. The summed E-state index contributed by atoms with van der Waals surface area (Å²) in [6.07, 6.45) is 6.53. The molecule has 3 aromatic carbocycles. The second-order valence-corrected chi connectivity index (χ2v) is 7.81. The Kier molecular flexibility index (Phi) is 5.54. The smallest absolute Gasteiger partial charge is 0.251 e. The molecule has 0 aliphatic heterocycles. The first kappa shape index (κ1) is 19.8. The molecule has 158 valence electrons. The number of fused-ring (bicyclic) bond motifs is 1. The number of H-pyrrole nitrogens is 1. The van der Waals surface area contributed by atoms with Crippen LogP contribution >= 0.6 is 0 Å². The summed E-state index contributed by atoms with van der Waals surface area (Å²) in [5.41, 5.74) is 6.14. The summed E-state index contributed by atoms with van der Waals surface area (Å²) in [6, 6.07) is 26.2. The number of amides is 1. The number of aromatic amines is 1. The number of hydrogen-bond donors (Lipinski definition) is 2. The molecule has 2 aromatic heterocycles. The Labute approximate surface area is 186 Å². The fourth-order valence-electron chi connectivity index (χ4n) is 4.05. The van der Waals surface area contributed by atoms with E-state index in [1.807, 2.05) is 59.5 Å². The van der Waals surface area contributed by atoms with Gasteiger partial charge in [-0.1, -0.05) is 60.7 Å². The molecule has 32 heavy (non-hydrogen) atoms. The Hall–Kier alpha value is -4.12. The molecule has 0 aliphatic carbocycles. The van der Waals surface area contributed by atoms with Crippen molar-refractivity contribution < 1.29 is 4.79 Å². The maximum atomic E-state index is 13.0. The van der Waals surface area contributed by atoms with Crippen LogP contribution < -0.4 is 5.32 Å². The van der Waals surface area contributed by atoms with Crippen LogP contribution in [0.5, 0.6) is 0 Å². The average molecular weight is 421 g/mol. The first-order valence-electron chi connectivity index (χ1n) is 10.8. The summed E-state index contributed by atoms with van der Waals surface area (Å²) in [5, 5.41) is 8.55. The van der Waals surface area contributed by atoms with Gasteiger partial charge < -0.3 is 10.3 Å². The molecule has 2 N–H and O–H groups in total. The zero-order chi connectivity index (χ0) is 21.8. The number of hydrogen-bond acceptors (Lipinski definition) is 2. The maximum Gasteiger partial charge on any atom is 0.251 e. The Morgan fingerprint density at radius 1 is 0.938 bits per heavy atom. The van der Waals surface area contributed by atoms with Gasteiger partial charge in [-0.15, -0.1) is 0 Å². The average Bonchev–Trinajstić information content (AvgIpc) is 3.50. The zero-order valence-corrected chi connectivity index (χ0v) is 17.7. The number of nitrogens with one attached hydrogen (secondary N) is 2. The first-order chi connectivity index (χ1) is 15.8. The Morgan fingerprint density at radius 2 is 1.75 bits per heavy atom. The predicted octanol–water partition coefficient (Wildman–Crippen LogP) is 5.05. The lowest BCUT2D eigenvalue weighted by Crippen LogP contribution is -2.26. The maximum absolute atomic E-state index is 13.0. The van der Waals surface area contributed by atoms with Crippen molar-refractivity contribution in [3.8, 4) is 11.1 Å². The predicted molar refractivity (Wildman–Crippen MR) is 128 cm³/mol. The molecule has 0 bridgehead atoms. The summed E-state index contributed by atoms with van der Waals surface area (Å²) in [6.45, 7) is 1.31. The highest BCUT2D eigenvalue weighted by atomic mass is 16.1. The molecular weight excluding hydrogens is 396 g/mol. The van der Waals surface area contributed by atoms with E-state index < -0.39 is 0 Å². The number of aromatic nitrogens is 3. The summed E-state index contributed by atoms with van der Waals surface area (Å²) >= 11 is 0. The molecule has 0 saturated carbocycles. The van der Waals surface area contributed by atoms with Gasteiger partial charge in [-0.3, -0.25) is 9.48 Å². The Morgan fingerprint density at radius 3 is 2.59 bits per heavy atom. The molecule has 1 amide bonds. The second-order valence-electron chi connectivity index (χ2n) is 7.81. The molecule has 0 spiro atoms. The van der Waals surface area contributed by atoms with Crippen LogP contribution in [-0.4, -0.2) is 27.2 Å². The first-order valence-corrected chi connectivity index (χ1v) is 10.8. The number of benzene rings is 3. The van der Waals surface area contributed by atoms with Crippen LogP contribution in [0.4, 0.5) is 0 Å². The Balaban J connectivity index is 1.28. The zero-order valence-electron chi connectivity index (χ0n) is 17.7. The lowest BCUT2D eigenvalue weighted by atomic mass is 9.98. The number of nitrogens with zero attached hydrogens (tertiary/aromatic N) is 2. The van der Waals surface area contributed by atoms with Gasteiger partial charge in [0.05, 0.1) is 6.54 Å². The van der Waals surface area contributed by atoms with Gasteiger partial charge in [-0.05, 0) is 46.9 Å². The van der Waals surface area contributed by atoms with E-state index in [0.717, 1.165) is 35.2 Å². The van der Waals surface area contributed by atoms with Crippen molar-refractivity contribution in [1.82, 2.24) is 20.1 Å². The Bertz CT molecular complexity index is 1330. The van der Waals surface area contributed by atoms with E-state index in [1.54, 1.807) is 6.20 Å². The largest absolute Gasteiger partial charge is 0.361 e. The molecule has 0 saturated heterocycles. The molecule has 5 rings (SSSR count). The van der Waals surface area contributed by atoms with E-state index in [0.29, 0.717) is 12.1 Å². The molecule has 0 unspecified atom stereocenters. The van der Waals surface area contributed by atoms with Crippen LogP contribution in [0, 0.1) is 0 Å². The van der Waals surface area contributed by atoms with E-state index in [9.17, 15) is 4.79 Å². The molecule has 5 aromatic rings. The van der Waals surface area contributed by atoms with E-state index in [4.69, 9.17) is 0 Å². The van der Waals surface area contributed by atoms with Gasteiger partial charge >= 0.3 is 0 Å². The van der Waals surface area contributed by atoms with Crippen LogP contribution in [0.25, 0.3) is 22.0 Å². The summed E-state index contributed by atoms with van der Waals surface area (Å²) in [4.78, 5) is 16.3. The van der Waals surface area contributed by atoms with Crippen molar-refractivity contribution in [3.05, 3.63) is 114 Å². The van der Waals surface area contributed by atoms with Crippen LogP contribution in [0.3, 0.4) is 0 Å². The van der Waals surface area contributed by atoms with E-state index in [-0.39, 0.29) is 5.91 Å². The molecule has 0 aliphatic rings. The van der Waals surface area contributed by atoms with Crippen molar-refractivity contribution in [3.63, 3.8) is 0 Å². The van der Waals surface area contributed by atoms with Gasteiger partial charge in [0, 0.05) is 41.6 Å². The fraction of sp³-hybridized carbons (Fsp3) is 0.111. The quantitative estimate of drug-likeness (QED) is 0.387. The number of rotatable bonds is 7. The molecular formula is C27H24N4O. The molecule has 5 heteroatoms. The number of carbonyl (C=O) groups is 1. The third-order valence-corrected chi connectivity index (χ3v) is 5.70. The second kappa shape index (κ2) is 8.94.